The molecule has 6 nitrogen and oxygen atoms in total. The van der Waals surface area contributed by atoms with E-state index in [-0.39, 0.29) is 5.69 Å². The molecule has 0 spiro atoms. The Kier molecular flexibility index (Phi) is 4.57. The van der Waals surface area contributed by atoms with Gasteiger partial charge in [-0.3, -0.25) is 10.1 Å². The first-order chi connectivity index (χ1) is 9.20. The van der Waals surface area contributed by atoms with E-state index in [0.717, 1.165) is 26.1 Å². The van der Waals surface area contributed by atoms with E-state index in [1.807, 2.05) is 0 Å². The summed E-state index contributed by atoms with van der Waals surface area (Å²) in [5, 5.41) is 14.1. The van der Waals surface area contributed by atoms with Gasteiger partial charge in [-0.15, -0.1) is 0 Å². The number of ether oxygens (including phenoxy) is 2. The summed E-state index contributed by atoms with van der Waals surface area (Å²) in [6.07, 6.45) is 2.04. The zero-order valence-corrected chi connectivity index (χ0v) is 10.9. The van der Waals surface area contributed by atoms with Gasteiger partial charge < -0.3 is 14.8 Å². The van der Waals surface area contributed by atoms with Crippen LogP contribution >= 0.6 is 0 Å². The van der Waals surface area contributed by atoms with Crippen molar-refractivity contribution in [3.05, 3.63) is 28.3 Å². The van der Waals surface area contributed by atoms with Gasteiger partial charge in [-0.1, -0.05) is 0 Å². The fourth-order valence-electron chi connectivity index (χ4n) is 2.16. The van der Waals surface area contributed by atoms with Gasteiger partial charge in [-0.2, -0.15) is 0 Å². The lowest BCUT2D eigenvalue weighted by Crippen LogP contribution is -2.10. The highest BCUT2D eigenvalue weighted by Crippen LogP contribution is 2.29. The maximum Gasteiger partial charge on any atom is 0.296 e. The lowest BCUT2D eigenvalue weighted by Gasteiger charge is -2.10. The molecule has 0 radical (unpaired) electrons. The Hall–Kier alpha value is -1.82. The smallest absolute Gasteiger partial charge is 0.296 e. The van der Waals surface area contributed by atoms with Crippen LogP contribution in [0.4, 0.5) is 11.4 Å². The summed E-state index contributed by atoms with van der Waals surface area (Å²) >= 11 is 0. The van der Waals surface area contributed by atoms with Crippen LogP contribution in [0.3, 0.4) is 0 Å². The van der Waals surface area contributed by atoms with Gasteiger partial charge in [0.1, 0.15) is 11.4 Å². The van der Waals surface area contributed by atoms with Gasteiger partial charge in [0.05, 0.1) is 18.1 Å². The third-order valence-electron chi connectivity index (χ3n) is 3.29. The highest BCUT2D eigenvalue weighted by atomic mass is 16.6. The lowest BCUT2D eigenvalue weighted by molar-refractivity contribution is -0.384. The van der Waals surface area contributed by atoms with E-state index < -0.39 is 4.92 Å². The number of hydrogen-bond donors (Lipinski definition) is 1. The fraction of sp³-hybridized carbons (Fsp3) is 0.538. The van der Waals surface area contributed by atoms with Gasteiger partial charge >= 0.3 is 0 Å². The van der Waals surface area contributed by atoms with Crippen LogP contribution in [-0.2, 0) is 4.74 Å². The molecule has 1 unspecified atom stereocenters. The second kappa shape index (κ2) is 6.38. The normalized spacial score (nSPS) is 18.3. The second-order valence-corrected chi connectivity index (χ2v) is 4.59. The molecule has 1 atom stereocenters. The number of anilines is 1. The molecule has 0 saturated carbocycles. The van der Waals surface area contributed by atoms with Crippen LogP contribution in [0, 0.1) is 16.0 Å². The highest BCUT2D eigenvalue weighted by Gasteiger charge is 2.17. The number of nitro groups is 1. The highest BCUT2D eigenvalue weighted by molar-refractivity contribution is 5.63. The second-order valence-electron chi connectivity index (χ2n) is 4.59. The van der Waals surface area contributed by atoms with Crippen molar-refractivity contribution in [2.24, 2.45) is 5.92 Å². The molecule has 1 aliphatic heterocycles. The number of nitro benzene ring substituents is 1. The Morgan fingerprint density at radius 3 is 3.05 bits per heavy atom. The average Bonchev–Trinajstić information content (AvgIpc) is 2.92. The van der Waals surface area contributed by atoms with Gasteiger partial charge in [0.2, 0.25) is 0 Å². The number of benzene rings is 1. The van der Waals surface area contributed by atoms with Gasteiger partial charge in [-0.05, 0) is 30.9 Å². The topological polar surface area (TPSA) is 73.6 Å². The van der Waals surface area contributed by atoms with E-state index in [4.69, 9.17) is 9.47 Å². The molecule has 1 aromatic carbocycles. The SMILES string of the molecule is COc1ccc(NCCC2CCOC2)c([N+](=O)[O-])c1. The Morgan fingerprint density at radius 2 is 2.42 bits per heavy atom. The van der Waals surface area contributed by atoms with E-state index in [1.54, 1.807) is 12.1 Å². The molecule has 1 aromatic rings. The predicted octanol–water partition coefficient (Wildman–Crippen LogP) is 2.44. The molecule has 0 amide bonds. The monoisotopic (exact) mass is 266 g/mol. The molecule has 2 rings (SSSR count). The summed E-state index contributed by atoms with van der Waals surface area (Å²) in [5.41, 5.74) is 0.576. The van der Waals surface area contributed by atoms with Crippen LogP contribution in [0.5, 0.6) is 5.75 Å². The molecule has 1 saturated heterocycles. The first-order valence-electron chi connectivity index (χ1n) is 6.34. The molecule has 1 aliphatic rings. The molecular weight excluding hydrogens is 248 g/mol. The Labute approximate surface area is 111 Å². The Morgan fingerprint density at radius 1 is 1.58 bits per heavy atom. The number of nitrogens with zero attached hydrogens (tertiary/aromatic N) is 1. The average molecular weight is 266 g/mol. The first-order valence-corrected chi connectivity index (χ1v) is 6.34. The Balaban J connectivity index is 1.96. The molecule has 1 fully saturated rings. The van der Waals surface area contributed by atoms with Crippen molar-refractivity contribution in [3.63, 3.8) is 0 Å². The summed E-state index contributed by atoms with van der Waals surface area (Å²) < 4.78 is 10.3. The maximum atomic E-state index is 11.0. The summed E-state index contributed by atoms with van der Waals surface area (Å²) in [4.78, 5) is 10.6. The van der Waals surface area contributed by atoms with Crippen molar-refractivity contribution in [2.45, 2.75) is 12.8 Å². The summed E-state index contributed by atoms with van der Waals surface area (Å²) in [6.45, 7) is 2.33. The fourth-order valence-corrected chi connectivity index (χ4v) is 2.16. The molecule has 19 heavy (non-hydrogen) atoms. The van der Waals surface area contributed by atoms with Crippen molar-refractivity contribution in [1.29, 1.82) is 0 Å². The summed E-state index contributed by atoms with van der Waals surface area (Å²) in [6, 6.07) is 4.83. The summed E-state index contributed by atoms with van der Waals surface area (Å²) in [7, 11) is 1.49. The predicted molar refractivity (Wildman–Crippen MR) is 71.7 cm³/mol. The van der Waals surface area contributed by atoms with Crippen molar-refractivity contribution >= 4 is 11.4 Å². The molecule has 0 aliphatic carbocycles. The maximum absolute atomic E-state index is 11.0. The van der Waals surface area contributed by atoms with E-state index in [2.05, 4.69) is 5.32 Å². The number of rotatable bonds is 6. The lowest BCUT2D eigenvalue weighted by atomic mass is 10.1. The van der Waals surface area contributed by atoms with E-state index in [9.17, 15) is 10.1 Å². The van der Waals surface area contributed by atoms with E-state index >= 15 is 0 Å². The van der Waals surface area contributed by atoms with Crippen molar-refractivity contribution in [3.8, 4) is 5.75 Å². The van der Waals surface area contributed by atoms with Crippen LogP contribution in [0.15, 0.2) is 18.2 Å². The minimum Gasteiger partial charge on any atom is -0.496 e. The molecular formula is C13H18N2O4. The molecule has 6 heteroatoms. The number of hydrogen-bond acceptors (Lipinski definition) is 5. The Bertz CT molecular complexity index is 444. The molecule has 0 aromatic heterocycles. The number of methoxy groups -OCH3 is 1. The minimum absolute atomic E-state index is 0.0435. The van der Waals surface area contributed by atoms with Gasteiger partial charge in [-0.25, -0.2) is 0 Å². The van der Waals surface area contributed by atoms with E-state index in [1.165, 1.54) is 13.2 Å². The molecule has 1 heterocycles. The van der Waals surface area contributed by atoms with Gasteiger partial charge in [0.15, 0.2) is 0 Å². The third-order valence-corrected chi connectivity index (χ3v) is 3.29. The van der Waals surface area contributed by atoms with Crippen LogP contribution < -0.4 is 10.1 Å². The third kappa shape index (κ3) is 3.57. The van der Waals surface area contributed by atoms with Crippen LogP contribution in [0.25, 0.3) is 0 Å². The number of nitrogens with one attached hydrogen (secondary N) is 1. The summed E-state index contributed by atoms with van der Waals surface area (Å²) in [5.74, 6) is 1.05. The van der Waals surface area contributed by atoms with Crippen molar-refractivity contribution in [2.75, 3.05) is 32.2 Å². The standard InChI is InChI=1S/C13H18N2O4/c1-18-11-2-3-12(13(8-11)15(16)17)14-6-4-10-5-7-19-9-10/h2-3,8,10,14H,4-7,9H2,1H3. The molecule has 1 N–H and O–H groups in total. The van der Waals surface area contributed by atoms with E-state index in [0.29, 0.717) is 23.9 Å². The largest absolute Gasteiger partial charge is 0.496 e. The van der Waals surface area contributed by atoms with Crippen molar-refractivity contribution < 1.29 is 14.4 Å². The minimum atomic E-state index is -0.399. The van der Waals surface area contributed by atoms with Crippen LogP contribution in [0.2, 0.25) is 0 Å². The van der Waals surface area contributed by atoms with Gasteiger partial charge in [0.25, 0.3) is 5.69 Å². The van der Waals surface area contributed by atoms with Crippen LogP contribution in [0.1, 0.15) is 12.8 Å². The zero-order chi connectivity index (χ0) is 13.7. The molecule has 104 valence electrons. The quantitative estimate of drug-likeness (QED) is 0.632. The zero-order valence-electron chi connectivity index (χ0n) is 10.9. The van der Waals surface area contributed by atoms with Crippen molar-refractivity contribution in [1.82, 2.24) is 0 Å². The van der Waals surface area contributed by atoms with Gasteiger partial charge in [0, 0.05) is 19.8 Å². The first kappa shape index (κ1) is 13.6. The van der Waals surface area contributed by atoms with Crippen LogP contribution in [-0.4, -0.2) is 31.8 Å². The molecule has 0 bridgehead atoms.